The van der Waals surface area contributed by atoms with Crippen molar-refractivity contribution in [2.24, 2.45) is 0 Å². The van der Waals surface area contributed by atoms with Gasteiger partial charge in [-0.05, 0) is 54.4 Å². The molecule has 3 N–H and O–H groups in total. The van der Waals surface area contributed by atoms with Crippen molar-refractivity contribution in [2.45, 2.75) is 20.0 Å². The molecule has 0 aromatic heterocycles. The number of hydrogen-bond acceptors (Lipinski definition) is 4. The number of hydrogen-bond donors (Lipinski definition) is 3. The SMILES string of the molecule is Cc1ccc(NC(=O)COc2cccc(CNCc3ccc(C(=O)O)cc3)c2)cc1. The second-order valence-corrected chi connectivity index (χ2v) is 6.96. The molecule has 0 heterocycles. The Hall–Kier alpha value is -3.64. The van der Waals surface area contributed by atoms with E-state index in [1.165, 1.54) is 0 Å². The van der Waals surface area contributed by atoms with E-state index < -0.39 is 5.97 Å². The first-order valence-corrected chi connectivity index (χ1v) is 9.61. The van der Waals surface area contributed by atoms with Crippen LogP contribution < -0.4 is 15.4 Å². The summed E-state index contributed by atoms with van der Waals surface area (Å²) in [7, 11) is 0. The number of amides is 1. The number of nitrogens with one attached hydrogen (secondary N) is 2. The molecule has 0 fully saturated rings. The predicted octanol–water partition coefficient (Wildman–Crippen LogP) is 4.00. The largest absolute Gasteiger partial charge is 0.484 e. The van der Waals surface area contributed by atoms with Crippen LogP contribution in [0.2, 0.25) is 0 Å². The van der Waals surface area contributed by atoms with E-state index in [-0.39, 0.29) is 18.1 Å². The Balaban J connectivity index is 1.45. The van der Waals surface area contributed by atoms with Gasteiger partial charge in [0.25, 0.3) is 5.91 Å². The first-order valence-electron chi connectivity index (χ1n) is 9.61. The molecule has 0 aliphatic carbocycles. The van der Waals surface area contributed by atoms with E-state index in [2.05, 4.69) is 10.6 Å². The van der Waals surface area contributed by atoms with E-state index in [9.17, 15) is 9.59 Å². The van der Waals surface area contributed by atoms with Gasteiger partial charge in [0.2, 0.25) is 0 Å². The number of aromatic carboxylic acids is 1. The lowest BCUT2D eigenvalue weighted by Crippen LogP contribution is -2.20. The fourth-order valence-electron chi connectivity index (χ4n) is 2.84. The zero-order valence-electron chi connectivity index (χ0n) is 16.7. The van der Waals surface area contributed by atoms with Crippen molar-refractivity contribution in [2.75, 3.05) is 11.9 Å². The summed E-state index contributed by atoms with van der Waals surface area (Å²) >= 11 is 0. The zero-order valence-corrected chi connectivity index (χ0v) is 16.7. The molecule has 6 nitrogen and oxygen atoms in total. The number of ether oxygens (including phenoxy) is 1. The van der Waals surface area contributed by atoms with Gasteiger partial charge in [-0.25, -0.2) is 4.79 Å². The number of carbonyl (C=O) groups is 2. The molecule has 0 spiro atoms. The summed E-state index contributed by atoms with van der Waals surface area (Å²) in [6.07, 6.45) is 0. The molecule has 0 unspecified atom stereocenters. The number of benzene rings is 3. The lowest BCUT2D eigenvalue weighted by molar-refractivity contribution is -0.118. The second kappa shape index (κ2) is 10.2. The van der Waals surface area contributed by atoms with Crippen LogP contribution in [0.25, 0.3) is 0 Å². The maximum atomic E-state index is 12.1. The van der Waals surface area contributed by atoms with Crippen molar-refractivity contribution in [3.05, 3.63) is 95.1 Å². The molecule has 3 rings (SSSR count). The Morgan fingerprint density at radius 1 is 0.900 bits per heavy atom. The van der Waals surface area contributed by atoms with Gasteiger partial charge in [-0.1, -0.05) is 42.0 Å². The van der Waals surface area contributed by atoms with Gasteiger partial charge in [-0.3, -0.25) is 4.79 Å². The van der Waals surface area contributed by atoms with Gasteiger partial charge in [0.05, 0.1) is 5.56 Å². The van der Waals surface area contributed by atoms with Gasteiger partial charge in [-0.15, -0.1) is 0 Å². The molecular formula is C24H24N2O4. The summed E-state index contributed by atoms with van der Waals surface area (Å²) in [6.45, 7) is 3.16. The van der Waals surface area contributed by atoms with Crippen molar-refractivity contribution in [3.63, 3.8) is 0 Å². The van der Waals surface area contributed by atoms with Gasteiger partial charge in [-0.2, -0.15) is 0 Å². The third-order valence-electron chi connectivity index (χ3n) is 4.46. The fourth-order valence-corrected chi connectivity index (χ4v) is 2.84. The minimum absolute atomic E-state index is 0.0688. The standard InChI is InChI=1S/C24H24N2O4/c1-17-5-11-21(12-6-17)26-23(27)16-30-22-4-2-3-19(13-22)15-25-14-18-7-9-20(10-8-18)24(28)29/h2-13,25H,14-16H2,1H3,(H,26,27)(H,28,29). The maximum Gasteiger partial charge on any atom is 0.335 e. The Morgan fingerprint density at radius 3 is 2.30 bits per heavy atom. The van der Waals surface area contributed by atoms with Crippen molar-refractivity contribution >= 4 is 17.6 Å². The molecule has 3 aromatic rings. The molecule has 0 radical (unpaired) electrons. The van der Waals surface area contributed by atoms with Crippen LogP contribution in [0.4, 0.5) is 5.69 Å². The highest BCUT2D eigenvalue weighted by molar-refractivity contribution is 5.91. The Bertz CT molecular complexity index is 998. The minimum Gasteiger partial charge on any atom is -0.484 e. The lowest BCUT2D eigenvalue weighted by atomic mass is 10.1. The average molecular weight is 404 g/mol. The van der Waals surface area contributed by atoms with Gasteiger partial charge >= 0.3 is 5.97 Å². The number of carboxylic acids is 1. The molecule has 0 aliphatic rings. The van der Waals surface area contributed by atoms with E-state index in [1.807, 2.05) is 55.5 Å². The molecule has 0 saturated carbocycles. The minimum atomic E-state index is -0.932. The maximum absolute atomic E-state index is 12.1. The number of anilines is 1. The molecular weight excluding hydrogens is 380 g/mol. The van der Waals surface area contributed by atoms with Crippen LogP contribution in [0.5, 0.6) is 5.75 Å². The van der Waals surface area contributed by atoms with Crippen molar-refractivity contribution < 1.29 is 19.4 Å². The summed E-state index contributed by atoms with van der Waals surface area (Å²) in [4.78, 5) is 23.0. The lowest BCUT2D eigenvalue weighted by Gasteiger charge is -2.10. The third kappa shape index (κ3) is 6.46. The first kappa shape index (κ1) is 21.1. The van der Waals surface area contributed by atoms with E-state index in [0.29, 0.717) is 18.8 Å². The summed E-state index contributed by atoms with van der Waals surface area (Å²) in [5, 5.41) is 15.1. The third-order valence-corrected chi connectivity index (χ3v) is 4.46. The summed E-state index contributed by atoms with van der Waals surface area (Å²) in [5.41, 5.74) is 4.17. The van der Waals surface area contributed by atoms with Crippen LogP contribution in [0.1, 0.15) is 27.0 Å². The summed E-state index contributed by atoms with van der Waals surface area (Å²) in [6, 6.07) is 21.9. The topological polar surface area (TPSA) is 87.7 Å². The Morgan fingerprint density at radius 2 is 1.60 bits per heavy atom. The first-order chi connectivity index (χ1) is 14.5. The predicted molar refractivity (Wildman–Crippen MR) is 116 cm³/mol. The molecule has 154 valence electrons. The molecule has 0 aliphatic heterocycles. The molecule has 0 atom stereocenters. The molecule has 1 amide bonds. The molecule has 0 saturated heterocycles. The molecule has 0 bridgehead atoms. The number of carbonyl (C=O) groups excluding carboxylic acids is 1. The number of carboxylic acid groups (broad SMARTS) is 1. The van der Waals surface area contributed by atoms with E-state index in [1.54, 1.807) is 24.3 Å². The number of rotatable bonds is 9. The fraction of sp³-hybridized carbons (Fsp3) is 0.167. The normalized spacial score (nSPS) is 10.4. The van der Waals surface area contributed by atoms with Gasteiger partial charge in [0.1, 0.15) is 5.75 Å². The highest BCUT2D eigenvalue weighted by atomic mass is 16.5. The van der Waals surface area contributed by atoms with E-state index >= 15 is 0 Å². The van der Waals surface area contributed by atoms with Crippen LogP contribution in [0.15, 0.2) is 72.8 Å². The quantitative estimate of drug-likeness (QED) is 0.502. The Kier molecular flexibility index (Phi) is 7.19. The smallest absolute Gasteiger partial charge is 0.335 e. The zero-order chi connectivity index (χ0) is 21.3. The number of aryl methyl sites for hydroxylation is 1. The highest BCUT2D eigenvalue weighted by Gasteiger charge is 2.05. The Labute approximate surface area is 175 Å². The van der Waals surface area contributed by atoms with Gasteiger partial charge in [0.15, 0.2) is 6.61 Å². The summed E-state index contributed by atoms with van der Waals surface area (Å²) < 4.78 is 5.61. The van der Waals surface area contributed by atoms with Crippen LogP contribution >= 0.6 is 0 Å². The highest BCUT2D eigenvalue weighted by Crippen LogP contribution is 2.14. The molecule has 6 heteroatoms. The van der Waals surface area contributed by atoms with E-state index in [4.69, 9.17) is 9.84 Å². The van der Waals surface area contributed by atoms with Crippen LogP contribution in [-0.4, -0.2) is 23.6 Å². The van der Waals surface area contributed by atoms with Gasteiger partial charge in [0, 0.05) is 18.8 Å². The second-order valence-electron chi connectivity index (χ2n) is 6.96. The molecule has 30 heavy (non-hydrogen) atoms. The van der Waals surface area contributed by atoms with Crippen molar-refractivity contribution in [3.8, 4) is 5.75 Å². The van der Waals surface area contributed by atoms with Crippen LogP contribution in [0, 0.1) is 6.92 Å². The summed E-state index contributed by atoms with van der Waals surface area (Å²) in [5.74, 6) is -0.523. The van der Waals surface area contributed by atoms with Crippen LogP contribution in [0.3, 0.4) is 0 Å². The van der Waals surface area contributed by atoms with Crippen LogP contribution in [-0.2, 0) is 17.9 Å². The monoisotopic (exact) mass is 404 g/mol. The average Bonchev–Trinajstić information content (AvgIpc) is 2.75. The van der Waals surface area contributed by atoms with Crippen molar-refractivity contribution in [1.29, 1.82) is 0 Å². The molecule has 3 aromatic carbocycles. The van der Waals surface area contributed by atoms with E-state index in [0.717, 1.165) is 22.4 Å². The van der Waals surface area contributed by atoms with Crippen molar-refractivity contribution in [1.82, 2.24) is 5.32 Å². The van der Waals surface area contributed by atoms with Gasteiger partial charge < -0.3 is 20.5 Å².